The molecule has 0 spiro atoms. The van der Waals surface area contributed by atoms with Gasteiger partial charge in [0.1, 0.15) is 11.5 Å². The number of aryl methyl sites for hydroxylation is 4. The predicted molar refractivity (Wildman–Crippen MR) is 132 cm³/mol. The Balaban J connectivity index is 1.91. The summed E-state index contributed by atoms with van der Waals surface area (Å²) in [5, 5.41) is 31.5. The second-order valence-corrected chi connectivity index (χ2v) is 8.22. The topological polar surface area (TPSA) is 73.2 Å². The van der Waals surface area contributed by atoms with Gasteiger partial charge in [0.15, 0.2) is 17.2 Å². The zero-order valence-corrected chi connectivity index (χ0v) is 19.1. The van der Waals surface area contributed by atoms with Crippen LogP contribution in [0.15, 0.2) is 72.8 Å². The predicted octanol–water partition coefficient (Wildman–Crippen LogP) is 7.30. The first-order valence-corrected chi connectivity index (χ1v) is 10.7. The summed E-state index contributed by atoms with van der Waals surface area (Å²) < 4.78 is 6.27. The minimum absolute atomic E-state index is 0.0947. The summed E-state index contributed by atoms with van der Waals surface area (Å²) in [6.45, 7) is 7.37. The third-order valence-electron chi connectivity index (χ3n) is 5.75. The largest absolute Gasteiger partial charge is 0.508 e. The van der Waals surface area contributed by atoms with Crippen LogP contribution in [0.1, 0.15) is 22.3 Å². The first-order chi connectivity index (χ1) is 15.8. The van der Waals surface area contributed by atoms with Crippen LogP contribution in [0.5, 0.6) is 28.7 Å². The van der Waals surface area contributed by atoms with E-state index >= 15 is 0 Å². The van der Waals surface area contributed by atoms with E-state index in [9.17, 15) is 15.3 Å². The molecule has 33 heavy (non-hydrogen) atoms. The van der Waals surface area contributed by atoms with Gasteiger partial charge in [-0.3, -0.25) is 0 Å². The van der Waals surface area contributed by atoms with Gasteiger partial charge in [-0.25, -0.2) is 0 Å². The Bertz CT molecular complexity index is 1280. The van der Waals surface area contributed by atoms with Gasteiger partial charge in [-0.15, -0.1) is 0 Å². The Morgan fingerprint density at radius 1 is 0.606 bits per heavy atom. The van der Waals surface area contributed by atoms with E-state index in [1.54, 1.807) is 12.1 Å². The minimum atomic E-state index is 0.0947. The Labute approximate surface area is 193 Å². The zero-order chi connectivity index (χ0) is 23.7. The van der Waals surface area contributed by atoms with Gasteiger partial charge in [0.05, 0.1) is 5.69 Å². The molecule has 4 aromatic carbocycles. The molecule has 168 valence electrons. The molecule has 0 unspecified atom stereocenters. The van der Waals surface area contributed by atoms with Crippen LogP contribution >= 0.6 is 0 Å². The number of nitrogens with zero attached hydrogens (tertiary/aromatic N) is 1. The van der Waals surface area contributed by atoms with Crippen LogP contribution in [0, 0.1) is 27.7 Å². The summed E-state index contributed by atoms with van der Waals surface area (Å²) >= 11 is 0. The number of hydrogen-bond acceptors (Lipinski definition) is 5. The molecule has 3 N–H and O–H groups in total. The molecule has 0 aliphatic carbocycles. The number of phenolic OH excluding ortho intramolecular Hbond substituents is 3. The van der Waals surface area contributed by atoms with E-state index in [0.29, 0.717) is 28.6 Å². The average Bonchev–Trinajstić information content (AvgIpc) is 2.80. The molecule has 0 radical (unpaired) electrons. The molecule has 0 saturated carbocycles. The van der Waals surface area contributed by atoms with Crippen molar-refractivity contribution in [2.45, 2.75) is 27.7 Å². The van der Waals surface area contributed by atoms with E-state index in [2.05, 4.69) is 0 Å². The van der Waals surface area contributed by atoms with Crippen molar-refractivity contribution in [3.05, 3.63) is 95.1 Å². The lowest BCUT2D eigenvalue weighted by molar-refractivity contribution is 0.407. The lowest BCUT2D eigenvalue weighted by Gasteiger charge is -2.28. The maximum atomic E-state index is 10.6. The number of anilines is 3. The van der Waals surface area contributed by atoms with Gasteiger partial charge < -0.3 is 25.0 Å². The summed E-state index contributed by atoms with van der Waals surface area (Å²) in [4.78, 5) is 1.90. The van der Waals surface area contributed by atoms with Crippen LogP contribution in [0.25, 0.3) is 0 Å². The number of phenols is 3. The number of rotatable bonds is 5. The van der Waals surface area contributed by atoms with Crippen molar-refractivity contribution in [3.8, 4) is 28.7 Å². The molecule has 0 amide bonds. The summed E-state index contributed by atoms with van der Waals surface area (Å²) in [5.74, 6) is 1.33. The molecule has 0 aliphatic rings. The van der Waals surface area contributed by atoms with Crippen LogP contribution in [0.4, 0.5) is 17.1 Å². The summed E-state index contributed by atoms with van der Waals surface area (Å²) in [6.07, 6.45) is 0. The molecule has 0 heterocycles. The van der Waals surface area contributed by atoms with Gasteiger partial charge in [-0.1, -0.05) is 36.4 Å². The number of benzene rings is 4. The zero-order valence-electron chi connectivity index (χ0n) is 19.1. The SMILES string of the molecule is Cc1ccc(N(c2ccc(C)c(O)c2)c2ccccc2Oc2c(C)ccc(C)c2O)cc1O. The van der Waals surface area contributed by atoms with E-state index in [0.717, 1.165) is 22.3 Å². The van der Waals surface area contributed by atoms with Crippen LogP contribution in [-0.2, 0) is 0 Å². The maximum Gasteiger partial charge on any atom is 0.172 e. The summed E-state index contributed by atoms with van der Waals surface area (Å²) in [5.41, 5.74) is 5.12. The number of para-hydroxylation sites is 2. The monoisotopic (exact) mass is 441 g/mol. The lowest BCUT2D eigenvalue weighted by Crippen LogP contribution is -2.11. The lowest BCUT2D eigenvalue weighted by atomic mass is 10.1. The summed E-state index contributed by atoms with van der Waals surface area (Å²) in [7, 11) is 0. The Morgan fingerprint density at radius 2 is 1.12 bits per heavy atom. The van der Waals surface area contributed by atoms with Crippen LogP contribution in [-0.4, -0.2) is 15.3 Å². The van der Waals surface area contributed by atoms with Crippen molar-refractivity contribution in [1.29, 1.82) is 0 Å². The fraction of sp³-hybridized carbons (Fsp3) is 0.143. The molecule has 0 aliphatic heterocycles. The van der Waals surface area contributed by atoms with Crippen molar-refractivity contribution in [1.82, 2.24) is 0 Å². The van der Waals surface area contributed by atoms with Gasteiger partial charge in [0.2, 0.25) is 0 Å². The van der Waals surface area contributed by atoms with Gasteiger partial charge >= 0.3 is 0 Å². The number of hydrogen-bond donors (Lipinski definition) is 3. The van der Waals surface area contributed by atoms with Gasteiger partial charge in [-0.2, -0.15) is 0 Å². The molecule has 5 nitrogen and oxygen atoms in total. The Kier molecular flexibility index (Phi) is 5.88. The molecule has 5 heteroatoms. The molecule has 0 aromatic heterocycles. The highest BCUT2D eigenvalue weighted by Gasteiger charge is 2.20. The molecule has 0 bridgehead atoms. The highest BCUT2D eigenvalue weighted by atomic mass is 16.5. The maximum absolute atomic E-state index is 10.6. The van der Waals surface area contributed by atoms with E-state index in [4.69, 9.17) is 4.74 Å². The van der Waals surface area contributed by atoms with E-state index in [1.807, 2.05) is 93.3 Å². The highest BCUT2D eigenvalue weighted by Crippen LogP contribution is 2.45. The molecule has 0 atom stereocenters. The van der Waals surface area contributed by atoms with Crippen molar-refractivity contribution in [2.75, 3.05) is 4.90 Å². The van der Waals surface area contributed by atoms with Gasteiger partial charge in [-0.05, 0) is 74.2 Å². The minimum Gasteiger partial charge on any atom is -0.508 e. The molecular formula is C28H27NO4. The van der Waals surface area contributed by atoms with Gasteiger partial charge in [0, 0.05) is 23.5 Å². The normalized spacial score (nSPS) is 10.8. The number of ether oxygens (including phenoxy) is 1. The van der Waals surface area contributed by atoms with Gasteiger partial charge in [0.25, 0.3) is 0 Å². The quantitative estimate of drug-likeness (QED) is 0.303. The van der Waals surface area contributed by atoms with Crippen molar-refractivity contribution >= 4 is 17.1 Å². The Morgan fingerprint density at radius 3 is 1.70 bits per heavy atom. The van der Waals surface area contributed by atoms with Crippen LogP contribution < -0.4 is 9.64 Å². The second kappa shape index (κ2) is 8.79. The van der Waals surface area contributed by atoms with Crippen molar-refractivity contribution in [2.24, 2.45) is 0 Å². The fourth-order valence-electron chi connectivity index (χ4n) is 3.64. The first kappa shape index (κ1) is 22.1. The molecule has 0 saturated heterocycles. The van der Waals surface area contributed by atoms with E-state index < -0.39 is 0 Å². The smallest absolute Gasteiger partial charge is 0.172 e. The van der Waals surface area contributed by atoms with Crippen molar-refractivity contribution in [3.63, 3.8) is 0 Å². The summed E-state index contributed by atoms with van der Waals surface area (Å²) in [6, 6.07) is 22.1. The van der Waals surface area contributed by atoms with E-state index in [-0.39, 0.29) is 17.2 Å². The standard InChI is InChI=1S/C28H27NO4/c1-17-11-13-21(15-24(17)30)29(22-14-12-18(2)25(31)16-22)23-7-5-6-8-26(23)33-28-20(4)10-9-19(3)27(28)32/h5-16,30-32H,1-4H3. The average molecular weight is 442 g/mol. The van der Waals surface area contributed by atoms with E-state index in [1.165, 1.54) is 0 Å². The molecule has 4 rings (SSSR count). The van der Waals surface area contributed by atoms with Crippen LogP contribution in [0.2, 0.25) is 0 Å². The third kappa shape index (κ3) is 4.30. The first-order valence-electron chi connectivity index (χ1n) is 10.7. The van der Waals surface area contributed by atoms with Crippen molar-refractivity contribution < 1.29 is 20.1 Å². The third-order valence-corrected chi connectivity index (χ3v) is 5.75. The Hall–Kier alpha value is -4.12. The molecular weight excluding hydrogens is 414 g/mol. The number of aromatic hydroxyl groups is 3. The second-order valence-electron chi connectivity index (χ2n) is 8.22. The molecule has 4 aromatic rings. The highest BCUT2D eigenvalue weighted by molar-refractivity contribution is 5.82. The molecule has 0 fully saturated rings. The van der Waals surface area contributed by atoms with Crippen LogP contribution in [0.3, 0.4) is 0 Å². The fourth-order valence-corrected chi connectivity index (χ4v) is 3.64.